The number of hydrogen-bond donors (Lipinski definition) is 2. The van der Waals surface area contributed by atoms with Crippen LogP contribution in [0.1, 0.15) is 45.4 Å². The van der Waals surface area contributed by atoms with Crippen LogP contribution in [0, 0.1) is 0 Å². The van der Waals surface area contributed by atoms with Gasteiger partial charge in [-0.15, -0.1) is 0 Å². The third-order valence-electron chi connectivity index (χ3n) is 3.58. The van der Waals surface area contributed by atoms with E-state index in [0.29, 0.717) is 11.8 Å². The van der Waals surface area contributed by atoms with E-state index in [1.807, 2.05) is 11.9 Å². The fourth-order valence-corrected chi connectivity index (χ4v) is 2.75. The first-order chi connectivity index (χ1) is 8.56. The molecule has 0 aliphatic heterocycles. The number of thiol groups is 1. The van der Waals surface area contributed by atoms with Gasteiger partial charge in [-0.25, -0.2) is 0 Å². The molecule has 1 aliphatic carbocycles. The quantitative estimate of drug-likeness (QED) is 0.603. The van der Waals surface area contributed by atoms with Crippen molar-refractivity contribution < 1.29 is 9.59 Å². The van der Waals surface area contributed by atoms with Crippen molar-refractivity contribution in [3.8, 4) is 0 Å². The molecule has 2 amide bonds. The lowest BCUT2D eigenvalue weighted by Crippen LogP contribution is -2.50. The first kappa shape index (κ1) is 15.3. The summed E-state index contributed by atoms with van der Waals surface area (Å²) in [5.41, 5.74) is 0. The van der Waals surface area contributed by atoms with E-state index in [0.717, 1.165) is 12.8 Å². The van der Waals surface area contributed by atoms with Crippen LogP contribution in [-0.2, 0) is 9.59 Å². The number of nitrogens with zero attached hydrogens (tertiary/aromatic N) is 1. The number of rotatable bonds is 4. The zero-order chi connectivity index (χ0) is 13.5. The van der Waals surface area contributed by atoms with Crippen molar-refractivity contribution in [2.24, 2.45) is 0 Å². The predicted molar refractivity (Wildman–Crippen MR) is 75.7 cm³/mol. The van der Waals surface area contributed by atoms with Crippen LogP contribution < -0.4 is 5.32 Å². The zero-order valence-corrected chi connectivity index (χ0v) is 12.2. The van der Waals surface area contributed by atoms with E-state index in [4.69, 9.17) is 0 Å². The highest BCUT2D eigenvalue weighted by Crippen LogP contribution is 2.21. The van der Waals surface area contributed by atoms with Gasteiger partial charge >= 0.3 is 0 Å². The topological polar surface area (TPSA) is 49.4 Å². The van der Waals surface area contributed by atoms with Crippen LogP contribution in [0.25, 0.3) is 0 Å². The second-order valence-electron chi connectivity index (χ2n) is 5.03. The monoisotopic (exact) mass is 272 g/mol. The largest absolute Gasteiger partial charge is 0.344 e. The fraction of sp³-hybridized carbons (Fsp3) is 0.846. The minimum Gasteiger partial charge on any atom is -0.344 e. The first-order valence-electron chi connectivity index (χ1n) is 6.71. The van der Waals surface area contributed by atoms with Crippen molar-refractivity contribution in [1.29, 1.82) is 0 Å². The highest BCUT2D eigenvalue weighted by atomic mass is 32.1. The number of amides is 2. The van der Waals surface area contributed by atoms with Gasteiger partial charge in [0.25, 0.3) is 0 Å². The van der Waals surface area contributed by atoms with Crippen molar-refractivity contribution in [3.05, 3.63) is 0 Å². The first-order valence-corrected chi connectivity index (χ1v) is 7.34. The highest BCUT2D eigenvalue weighted by molar-refractivity contribution is 7.80. The van der Waals surface area contributed by atoms with Gasteiger partial charge in [0.15, 0.2) is 0 Å². The third kappa shape index (κ3) is 4.52. The smallest absolute Gasteiger partial charge is 0.245 e. The van der Waals surface area contributed by atoms with Gasteiger partial charge < -0.3 is 10.2 Å². The lowest BCUT2D eigenvalue weighted by molar-refractivity contribution is -0.136. The molecule has 0 aromatic rings. The Morgan fingerprint density at radius 3 is 2.28 bits per heavy atom. The molecule has 0 heterocycles. The summed E-state index contributed by atoms with van der Waals surface area (Å²) in [6.45, 7) is 1.43. The molecule has 1 rings (SSSR count). The lowest BCUT2D eigenvalue weighted by Gasteiger charge is -2.30. The molecule has 0 radical (unpaired) electrons. The molecule has 18 heavy (non-hydrogen) atoms. The van der Waals surface area contributed by atoms with Crippen LogP contribution in [0.15, 0.2) is 0 Å². The number of carbonyl (C=O) groups excluding carboxylic acids is 2. The maximum atomic E-state index is 12.3. The Morgan fingerprint density at radius 1 is 1.28 bits per heavy atom. The van der Waals surface area contributed by atoms with Gasteiger partial charge in [0.1, 0.15) is 6.04 Å². The predicted octanol–water partition coefficient (Wildman–Crippen LogP) is 1.60. The summed E-state index contributed by atoms with van der Waals surface area (Å²) in [4.78, 5) is 25.1. The Hall–Kier alpha value is -0.710. The van der Waals surface area contributed by atoms with Crippen LogP contribution >= 0.6 is 12.6 Å². The summed E-state index contributed by atoms with van der Waals surface area (Å²) in [5.74, 6) is 0.138. The molecule has 1 saturated carbocycles. The minimum absolute atomic E-state index is 0.0212. The van der Waals surface area contributed by atoms with Gasteiger partial charge in [-0.05, 0) is 12.8 Å². The molecule has 1 N–H and O–H groups in total. The SMILES string of the molecule is CC(=O)NC(CS)C(=O)N(C)C1CCCCCC1. The van der Waals surface area contributed by atoms with E-state index < -0.39 is 6.04 Å². The Morgan fingerprint density at radius 2 is 1.83 bits per heavy atom. The summed E-state index contributed by atoms with van der Waals surface area (Å²) >= 11 is 4.15. The summed E-state index contributed by atoms with van der Waals surface area (Å²) in [5, 5.41) is 2.66. The minimum atomic E-state index is -0.501. The third-order valence-corrected chi connectivity index (χ3v) is 3.94. The van der Waals surface area contributed by atoms with Crippen LogP contribution in [0.3, 0.4) is 0 Å². The van der Waals surface area contributed by atoms with Crippen molar-refractivity contribution in [1.82, 2.24) is 10.2 Å². The van der Waals surface area contributed by atoms with Gasteiger partial charge in [-0.3, -0.25) is 9.59 Å². The second-order valence-corrected chi connectivity index (χ2v) is 5.40. The maximum Gasteiger partial charge on any atom is 0.245 e. The number of likely N-dealkylation sites (N-methyl/N-ethyl adjacent to an activating group) is 1. The second kappa shape index (κ2) is 7.67. The van der Waals surface area contributed by atoms with E-state index in [9.17, 15) is 9.59 Å². The van der Waals surface area contributed by atoms with E-state index in [1.54, 1.807) is 0 Å². The molecule has 0 bridgehead atoms. The van der Waals surface area contributed by atoms with Gasteiger partial charge in [-0.1, -0.05) is 25.7 Å². The Bertz CT molecular complexity index is 289. The van der Waals surface area contributed by atoms with Crippen molar-refractivity contribution in [3.63, 3.8) is 0 Å². The molecule has 4 nitrogen and oxygen atoms in total. The van der Waals surface area contributed by atoms with Gasteiger partial charge in [0, 0.05) is 25.8 Å². The van der Waals surface area contributed by atoms with E-state index in [-0.39, 0.29) is 11.8 Å². The molecule has 0 aromatic carbocycles. The average Bonchev–Trinajstić information content (AvgIpc) is 2.62. The summed E-state index contributed by atoms with van der Waals surface area (Å²) < 4.78 is 0. The Balaban J connectivity index is 2.59. The molecule has 1 unspecified atom stereocenters. The molecular weight excluding hydrogens is 248 g/mol. The number of hydrogen-bond acceptors (Lipinski definition) is 3. The average molecular weight is 272 g/mol. The summed E-state index contributed by atoms with van der Waals surface area (Å²) in [7, 11) is 1.84. The molecular formula is C13H24N2O2S. The molecule has 0 aromatic heterocycles. The molecule has 1 aliphatic rings. The standard InChI is InChI=1S/C13H24N2O2S/c1-10(16)14-12(9-18)13(17)15(2)11-7-5-3-4-6-8-11/h11-12,18H,3-9H2,1-2H3,(H,14,16). The number of nitrogens with one attached hydrogen (secondary N) is 1. The molecule has 104 valence electrons. The zero-order valence-electron chi connectivity index (χ0n) is 11.3. The Labute approximate surface area is 115 Å². The summed E-state index contributed by atoms with van der Waals surface area (Å²) in [6.07, 6.45) is 7.05. The van der Waals surface area contributed by atoms with Gasteiger partial charge in [0.05, 0.1) is 0 Å². The summed E-state index contributed by atoms with van der Waals surface area (Å²) in [6, 6.07) is -0.185. The highest BCUT2D eigenvalue weighted by Gasteiger charge is 2.27. The lowest BCUT2D eigenvalue weighted by atomic mass is 10.1. The van der Waals surface area contributed by atoms with Crippen LogP contribution in [0.5, 0.6) is 0 Å². The molecule has 5 heteroatoms. The molecule has 1 atom stereocenters. The van der Waals surface area contributed by atoms with Crippen molar-refractivity contribution >= 4 is 24.4 Å². The van der Waals surface area contributed by atoms with Crippen molar-refractivity contribution in [2.45, 2.75) is 57.5 Å². The molecule has 0 spiro atoms. The van der Waals surface area contributed by atoms with E-state index in [2.05, 4.69) is 17.9 Å². The van der Waals surface area contributed by atoms with Crippen molar-refractivity contribution in [2.75, 3.05) is 12.8 Å². The Kier molecular flexibility index (Phi) is 6.54. The molecule has 1 fully saturated rings. The van der Waals surface area contributed by atoms with Crippen LogP contribution in [-0.4, -0.2) is 41.6 Å². The maximum absolute atomic E-state index is 12.3. The normalized spacial score (nSPS) is 18.8. The number of carbonyl (C=O) groups is 2. The van der Waals surface area contributed by atoms with E-state index >= 15 is 0 Å². The van der Waals surface area contributed by atoms with Gasteiger partial charge in [0.2, 0.25) is 11.8 Å². The fourth-order valence-electron chi connectivity index (χ4n) is 2.50. The van der Waals surface area contributed by atoms with Crippen LogP contribution in [0.2, 0.25) is 0 Å². The molecule has 0 saturated heterocycles. The van der Waals surface area contributed by atoms with Crippen LogP contribution in [0.4, 0.5) is 0 Å². The van der Waals surface area contributed by atoms with E-state index in [1.165, 1.54) is 32.6 Å². The van der Waals surface area contributed by atoms with Gasteiger partial charge in [-0.2, -0.15) is 12.6 Å².